The maximum atomic E-state index is 11.5. The molecule has 0 unspecified atom stereocenters. The first-order valence-electron chi connectivity index (χ1n) is 7.19. The highest BCUT2D eigenvalue weighted by Gasteiger charge is 2.15. The Hall–Kier alpha value is -2.07. The van der Waals surface area contributed by atoms with Gasteiger partial charge in [-0.15, -0.1) is 0 Å². The van der Waals surface area contributed by atoms with Crippen molar-refractivity contribution in [3.8, 4) is 5.75 Å². The first-order chi connectivity index (χ1) is 10.2. The van der Waals surface area contributed by atoms with Gasteiger partial charge in [0.15, 0.2) is 0 Å². The molecule has 21 heavy (non-hydrogen) atoms. The highest BCUT2D eigenvalue weighted by atomic mass is 16.5. The fourth-order valence-electron chi connectivity index (χ4n) is 2.15. The van der Waals surface area contributed by atoms with Crippen molar-refractivity contribution in [1.82, 2.24) is 0 Å². The summed E-state index contributed by atoms with van der Waals surface area (Å²) < 4.78 is 11.0. The molecule has 0 aliphatic carbocycles. The van der Waals surface area contributed by atoms with Gasteiger partial charge in [0, 0.05) is 6.61 Å². The molecule has 0 spiro atoms. The molecule has 4 heteroatoms. The van der Waals surface area contributed by atoms with Gasteiger partial charge in [0.1, 0.15) is 17.9 Å². The summed E-state index contributed by atoms with van der Waals surface area (Å²) in [5.41, 5.74) is 0.210. The number of rotatable bonds is 8. The largest absolute Gasteiger partial charge is 0.490 e. The van der Waals surface area contributed by atoms with Crippen molar-refractivity contribution in [3.05, 3.63) is 42.0 Å². The van der Waals surface area contributed by atoms with Gasteiger partial charge >= 0.3 is 5.97 Å². The molecule has 0 saturated heterocycles. The van der Waals surface area contributed by atoms with E-state index in [2.05, 4.69) is 6.92 Å². The topological polar surface area (TPSA) is 55.8 Å². The van der Waals surface area contributed by atoms with Crippen LogP contribution in [0.5, 0.6) is 5.75 Å². The average Bonchev–Trinajstić information content (AvgIpc) is 2.50. The van der Waals surface area contributed by atoms with Gasteiger partial charge in [0.05, 0.1) is 6.61 Å². The van der Waals surface area contributed by atoms with Gasteiger partial charge < -0.3 is 14.6 Å². The number of hydrogen-bond acceptors (Lipinski definition) is 3. The summed E-state index contributed by atoms with van der Waals surface area (Å²) in [6.07, 6.45) is 2.12. The third-order valence-corrected chi connectivity index (χ3v) is 3.23. The van der Waals surface area contributed by atoms with E-state index in [1.807, 2.05) is 24.3 Å². The number of ether oxygens (including phenoxy) is 2. The lowest BCUT2D eigenvalue weighted by Gasteiger charge is -2.11. The molecule has 0 saturated carbocycles. The molecule has 2 aromatic rings. The molecule has 2 rings (SSSR count). The predicted octanol–water partition coefficient (Wildman–Crippen LogP) is 3.73. The first-order valence-corrected chi connectivity index (χ1v) is 7.19. The van der Waals surface area contributed by atoms with Crippen molar-refractivity contribution < 1.29 is 19.4 Å². The normalized spacial score (nSPS) is 10.7. The molecule has 2 aromatic carbocycles. The number of aromatic carboxylic acids is 1. The van der Waals surface area contributed by atoms with Gasteiger partial charge in [-0.05, 0) is 23.3 Å². The minimum absolute atomic E-state index is 0.210. The second kappa shape index (κ2) is 7.64. The van der Waals surface area contributed by atoms with Crippen LogP contribution in [0.3, 0.4) is 0 Å². The molecule has 0 amide bonds. The van der Waals surface area contributed by atoms with Gasteiger partial charge in [-0.1, -0.05) is 43.7 Å². The van der Waals surface area contributed by atoms with Crippen molar-refractivity contribution in [3.63, 3.8) is 0 Å². The molecule has 0 aliphatic rings. The van der Waals surface area contributed by atoms with Crippen LogP contribution in [0.1, 0.15) is 30.1 Å². The van der Waals surface area contributed by atoms with Gasteiger partial charge in [-0.25, -0.2) is 4.79 Å². The van der Waals surface area contributed by atoms with Gasteiger partial charge in [-0.3, -0.25) is 0 Å². The van der Waals surface area contributed by atoms with Gasteiger partial charge in [0.2, 0.25) is 0 Å². The highest BCUT2D eigenvalue weighted by Crippen LogP contribution is 2.28. The average molecular weight is 288 g/mol. The van der Waals surface area contributed by atoms with Gasteiger partial charge in [-0.2, -0.15) is 0 Å². The monoisotopic (exact) mass is 288 g/mol. The van der Waals surface area contributed by atoms with Crippen molar-refractivity contribution in [2.75, 3.05) is 19.8 Å². The second-order valence-electron chi connectivity index (χ2n) is 4.78. The third kappa shape index (κ3) is 3.95. The second-order valence-corrected chi connectivity index (χ2v) is 4.78. The molecule has 112 valence electrons. The Balaban J connectivity index is 2.09. The summed E-state index contributed by atoms with van der Waals surface area (Å²) in [5.74, 6) is -0.589. The van der Waals surface area contributed by atoms with E-state index in [4.69, 9.17) is 9.47 Å². The minimum Gasteiger partial charge on any atom is -0.490 e. The van der Waals surface area contributed by atoms with Crippen LogP contribution < -0.4 is 4.74 Å². The van der Waals surface area contributed by atoms with E-state index >= 15 is 0 Å². The maximum absolute atomic E-state index is 11.5. The molecule has 0 aromatic heterocycles. The van der Waals surface area contributed by atoms with Crippen LogP contribution in [-0.4, -0.2) is 30.9 Å². The third-order valence-electron chi connectivity index (χ3n) is 3.23. The fourth-order valence-corrected chi connectivity index (χ4v) is 2.15. The van der Waals surface area contributed by atoms with E-state index in [1.165, 1.54) is 0 Å². The SMILES string of the molecule is CCCCOCCOc1ccc2ccccc2c1C(=O)O. The lowest BCUT2D eigenvalue weighted by Crippen LogP contribution is -2.10. The van der Waals surface area contributed by atoms with Crippen molar-refractivity contribution in [2.45, 2.75) is 19.8 Å². The molecule has 0 fully saturated rings. The van der Waals surface area contributed by atoms with E-state index in [0.29, 0.717) is 31.0 Å². The number of fused-ring (bicyclic) bond motifs is 1. The molecule has 0 heterocycles. The minimum atomic E-state index is -0.978. The number of carboxylic acid groups (broad SMARTS) is 1. The zero-order chi connectivity index (χ0) is 15.1. The van der Waals surface area contributed by atoms with Crippen molar-refractivity contribution >= 4 is 16.7 Å². The van der Waals surface area contributed by atoms with E-state index < -0.39 is 5.97 Å². The molecule has 4 nitrogen and oxygen atoms in total. The Kier molecular flexibility index (Phi) is 5.58. The summed E-state index contributed by atoms with van der Waals surface area (Å²) in [4.78, 5) is 11.5. The smallest absolute Gasteiger partial charge is 0.340 e. The summed E-state index contributed by atoms with van der Waals surface area (Å²) in [5, 5.41) is 11.0. The van der Waals surface area contributed by atoms with Crippen LogP contribution in [-0.2, 0) is 4.74 Å². The van der Waals surface area contributed by atoms with Crippen LogP contribution in [0.15, 0.2) is 36.4 Å². The van der Waals surface area contributed by atoms with Crippen LogP contribution in [0.4, 0.5) is 0 Å². The summed E-state index contributed by atoms with van der Waals surface area (Å²) >= 11 is 0. The number of hydrogen-bond donors (Lipinski definition) is 1. The zero-order valence-electron chi connectivity index (χ0n) is 12.2. The van der Waals surface area contributed by atoms with Crippen LogP contribution in [0.25, 0.3) is 10.8 Å². The van der Waals surface area contributed by atoms with Crippen LogP contribution in [0, 0.1) is 0 Å². The number of unbranched alkanes of at least 4 members (excludes halogenated alkanes) is 1. The van der Waals surface area contributed by atoms with Gasteiger partial charge in [0.25, 0.3) is 0 Å². The van der Waals surface area contributed by atoms with E-state index in [1.54, 1.807) is 12.1 Å². The predicted molar refractivity (Wildman–Crippen MR) is 82.1 cm³/mol. The summed E-state index contributed by atoms with van der Waals surface area (Å²) in [7, 11) is 0. The molecule has 1 N–H and O–H groups in total. The van der Waals surface area contributed by atoms with Crippen LogP contribution in [0.2, 0.25) is 0 Å². The quantitative estimate of drug-likeness (QED) is 0.752. The zero-order valence-corrected chi connectivity index (χ0v) is 12.2. The Morgan fingerprint density at radius 3 is 2.67 bits per heavy atom. The standard InChI is InChI=1S/C17H20O4/c1-2-3-10-20-11-12-21-15-9-8-13-6-4-5-7-14(13)16(15)17(18)19/h4-9H,2-3,10-12H2,1H3,(H,18,19). The van der Waals surface area contributed by atoms with E-state index in [0.717, 1.165) is 18.2 Å². The molecule has 0 aliphatic heterocycles. The fraction of sp³-hybridized carbons (Fsp3) is 0.353. The lowest BCUT2D eigenvalue weighted by atomic mass is 10.0. The summed E-state index contributed by atoms with van der Waals surface area (Å²) in [6, 6.07) is 11.0. The molecular formula is C17H20O4. The Morgan fingerprint density at radius 1 is 1.10 bits per heavy atom. The Bertz CT molecular complexity index is 607. The number of benzene rings is 2. The van der Waals surface area contributed by atoms with Crippen LogP contribution >= 0.6 is 0 Å². The number of carboxylic acids is 1. The maximum Gasteiger partial charge on any atom is 0.340 e. The molecule has 0 bridgehead atoms. The van der Waals surface area contributed by atoms with Crippen molar-refractivity contribution in [1.29, 1.82) is 0 Å². The Morgan fingerprint density at radius 2 is 1.90 bits per heavy atom. The van der Waals surface area contributed by atoms with E-state index in [-0.39, 0.29) is 5.56 Å². The van der Waals surface area contributed by atoms with E-state index in [9.17, 15) is 9.90 Å². The number of carbonyl (C=O) groups is 1. The summed E-state index contributed by atoms with van der Waals surface area (Å²) in [6.45, 7) is 3.63. The molecule has 0 radical (unpaired) electrons. The lowest BCUT2D eigenvalue weighted by molar-refractivity contribution is 0.0687. The first kappa shape index (κ1) is 15.3. The Labute approximate surface area is 124 Å². The molecular weight excluding hydrogens is 268 g/mol. The highest BCUT2D eigenvalue weighted by molar-refractivity contribution is 6.06. The molecule has 0 atom stereocenters. The van der Waals surface area contributed by atoms with Crippen molar-refractivity contribution in [2.24, 2.45) is 0 Å².